The van der Waals surface area contributed by atoms with E-state index in [0.29, 0.717) is 17.9 Å². The summed E-state index contributed by atoms with van der Waals surface area (Å²) < 4.78 is 16.2. The topological polar surface area (TPSA) is 96.0 Å². The number of carbonyl (C=O) groups excluding carboxylic acids is 4. The summed E-state index contributed by atoms with van der Waals surface area (Å²) in [5.41, 5.74) is 2.21. The number of ketones is 2. The number of benzene rings is 2. The largest absolute Gasteiger partial charge is 0.489 e. The van der Waals surface area contributed by atoms with E-state index in [1.165, 1.54) is 13.8 Å². The lowest BCUT2D eigenvalue weighted by Crippen LogP contribution is -2.40. The van der Waals surface area contributed by atoms with Crippen LogP contribution in [0.5, 0.6) is 5.75 Å². The van der Waals surface area contributed by atoms with Crippen molar-refractivity contribution in [1.82, 2.24) is 0 Å². The number of ether oxygens (including phenoxy) is 3. The molecule has 0 heterocycles. The fourth-order valence-electron chi connectivity index (χ4n) is 3.95. The Labute approximate surface area is 200 Å². The van der Waals surface area contributed by atoms with Crippen molar-refractivity contribution in [2.75, 3.05) is 13.2 Å². The first-order valence-corrected chi connectivity index (χ1v) is 11.3. The minimum absolute atomic E-state index is 0.0603. The third-order valence-electron chi connectivity index (χ3n) is 5.50. The van der Waals surface area contributed by atoms with Crippen LogP contribution < -0.4 is 4.74 Å². The molecule has 2 atom stereocenters. The van der Waals surface area contributed by atoms with E-state index in [0.717, 1.165) is 11.1 Å². The van der Waals surface area contributed by atoms with Gasteiger partial charge in [0, 0.05) is 5.92 Å². The van der Waals surface area contributed by atoms with Crippen LogP contribution in [0.3, 0.4) is 0 Å². The van der Waals surface area contributed by atoms with Gasteiger partial charge in [-0.15, -0.1) is 0 Å². The van der Waals surface area contributed by atoms with Crippen LogP contribution in [0.4, 0.5) is 0 Å². The number of Topliss-reactive ketones (excluding diaryl/α,β-unsaturated/α-hetero) is 2. The first kappa shape index (κ1) is 26.8. The van der Waals surface area contributed by atoms with Gasteiger partial charge < -0.3 is 14.2 Å². The predicted molar refractivity (Wildman–Crippen MR) is 126 cm³/mol. The Balaban J connectivity index is 2.51. The highest BCUT2D eigenvalue weighted by molar-refractivity contribution is 6.04. The number of hydrogen-bond acceptors (Lipinski definition) is 7. The molecule has 34 heavy (non-hydrogen) atoms. The molecule has 182 valence electrons. The summed E-state index contributed by atoms with van der Waals surface area (Å²) >= 11 is 0. The molecule has 0 aromatic heterocycles. The predicted octanol–water partition coefficient (Wildman–Crippen LogP) is 4.19. The van der Waals surface area contributed by atoms with Gasteiger partial charge in [0.25, 0.3) is 0 Å². The van der Waals surface area contributed by atoms with Crippen LogP contribution in [-0.2, 0) is 35.3 Å². The fraction of sp³-hybridized carbons (Fsp3) is 0.407. The van der Waals surface area contributed by atoms with Crippen LogP contribution in [0.2, 0.25) is 0 Å². The summed E-state index contributed by atoms with van der Waals surface area (Å²) in [5, 5.41) is 0. The van der Waals surface area contributed by atoms with E-state index in [1.54, 1.807) is 32.0 Å². The minimum atomic E-state index is -1.34. The molecule has 0 saturated carbocycles. The molecule has 2 aromatic carbocycles. The molecule has 7 nitrogen and oxygen atoms in total. The van der Waals surface area contributed by atoms with Crippen molar-refractivity contribution in [3.05, 3.63) is 65.2 Å². The van der Waals surface area contributed by atoms with Gasteiger partial charge in [-0.3, -0.25) is 19.2 Å². The average Bonchev–Trinajstić information content (AvgIpc) is 2.78. The highest BCUT2D eigenvalue weighted by Crippen LogP contribution is 2.37. The Hall–Kier alpha value is -3.48. The van der Waals surface area contributed by atoms with Crippen LogP contribution >= 0.6 is 0 Å². The van der Waals surface area contributed by atoms with Gasteiger partial charge in [0.1, 0.15) is 35.8 Å². The van der Waals surface area contributed by atoms with E-state index in [4.69, 9.17) is 14.2 Å². The number of hydrogen-bond donors (Lipinski definition) is 0. The van der Waals surface area contributed by atoms with E-state index in [2.05, 4.69) is 0 Å². The fourth-order valence-corrected chi connectivity index (χ4v) is 3.95. The summed E-state index contributed by atoms with van der Waals surface area (Å²) in [5.74, 6) is -5.70. The zero-order valence-electron chi connectivity index (χ0n) is 20.3. The summed E-state index contributed by atoms with van der Waals surface area (Å²) in [4.78, 5) is 50.8. The molecule has 0 spiro atoms. The second-order valence-corrected chi connectivity index (χ2v) is 8.01. The molecule has 0 aliphatic carbocycles. The van der Waals surface area contributed by atoms with Gasteiger partial charge >= 0.3 is 11.9 Å². The zero-order valence-corrected chi connectivity index (χ0v) is 20.3. The molecule has 0 N–H and O–H groups in total. The molecular formula is C27H32O7. The van der Waals surface area contributed by atoms with Crippen LogP contribution in [0.25, 0.3) is 0 Å². The molecule has 0 aliphatic heterocycles. The Bertz CT molecular complexity index is 977. The Morgan fingerprint density at radius 1 is 0.794 bits per heavy atom. The second-order valence-electron chi connectivity index (χ2n) is 8.01. The first-order valence-electron chi connectivity index (χ1n) is 11.3. The summed E-state index contributed by atoms with van der Waals surface area (Å²) in [7, 11) is 0. The van der Waals surface area contributed by atoms with Gasteiger partial charge in [-0.1, -0.05) is 42.5 Å². The highest BCUT2D eigenvalue weighted by atomic mass is 16.5. The zero-order chi connectivity index (χ0) is 25.3. The molecular weight excluding hydrogens is 436 g/mol. The van der Waals surface area contributed by atoms with E-state index in [1.807, 2.05) is 37.3 Å². The standard InChI is InChI=1S/C27H32O7/c1-6-32-26(30)23(18(4)28)25(24(19(5)29)27(31)33-7-2)21-13-14-22(17(3)15-21)34-16-20-11-9-8-10-12-20/h8-15,23-25H,6-7,16H2,1-5H3/t23-,24-/m1/s1. The maximum Gasteiger partial charge on any atom is 0.317 e. The van der Waals surface area contributed by atoms with Gasteiger partial charge in [-0.05, 0) is 57.4 Å². The van der Waals surface area contributed by atoms with Crippen LogP contribution in [-0.4, -0.2) is 36.7 Å². The molecule has 2 rings (SSSR count). The monoisotopic (exact) mass is 468 g/mol. The number of esters is 2. The molecule has 0 amide bonds. The molecule has 0 saturated heterocycles. The van der Waals surface area contributed by atoms with Gasteiger partial charge in [-0.25, -0.2) is 0 Å². The Morgan fingerprint density at radius 2 is 1.32 bits per heavy atom. The lowest BCUT2D eigenvalue weighted by Gasteiger charge is -2.29. The summed E-state index contributed by atoms with van der Waals surface area (Å²) in [6, 6.07) is 14.8. The average molecular weight is 469 g/mol. The van der Waals surface area contributed by atoms with Crippen molar-refractivity contribution in [3.8, 4) is 5.75 Å². The Kier molecular flexibility index (Phi) is 9.98. The van der Waals surface area contributed by atoms with E-state index in [9.17, 15) is 19.2 Å². The van der Waals surface area contributed by atoms with Crippen molar-refractivity contribution < 1.29 is 33.4 Å². The molecule has 2 aromatic rings. The van der Waals surface area contributed by atoms with Gasteiger partial charge in [0.05, 0.1) is 13.2 Å². The maximum absolute atomic E-state index is 12.8. The first-order chi connectivity index (χ1) is 16.2. The molecule has 0 fully saturated rings. The van der Waals surface area contributed by atoms with Crippen molar-refractivity contribution in [2.24, 2.45) is 11.8 Å². The summed E-state index contributed by atoms with van der Waals surface area (Å²) in [6.45, 7) is 8.06. The smallest absolute Gasteiger partial charge is 0.317 e. The van der Waals surface area contributed by atoms with E-state index >= 15 is 0 Å². The number of carbonyl (C=O) groups is 4. The van der Waals surface area contributed by atoms with Crippen LogP contribution in [0.15, 0.2) is 48.5 Å². The van der Waals surface area contributed by atoms with Gasteiger partial charge in [0.2, 0.25) is 0 Å². The number of rotatable bonds is 12. The van der Waals surface area contributed by atoms with Crippen molar-refractivity contribution in [1.29, 1.82) is 0 Å². The molecule has 0 bridgehead atoms. The lowest BCUT2D eigenvalue weighted by atomic mass is 9.73. The van der Waals surface area contributed by atoms with Crippen LogP contribution in [0, 0.1) is 18.8 Å². The number of aryl methyl sites for hydroxylation is 1. The summed E-state index contributed by atoms with van der Waals surface area (Å²) in [6.07, 6.45) is 0. The molecule has 0 aliphatic rings. The molecule has 7 heteroatoms. The highest BCUT2D eigenvalue weighted by Gasteiger charge is 2.45. The second kappa shape index (κ2) is 12.7. The van der Waals surface area contributed by atoms with Crippen molar-refractivity contribution >= 4 is 23.5 Å². The lowest BCUT2D eigenvalue weighted by molar-refractivity contribution is -0.157. The van der Waals surface area contributed by atoms with Crippen molar-refractivity contribution in [2.45, 2.75) is 47.1 Å². The van der Waals surface area contributed by atoms with E-state index < -0.39 is 41.3 Å². The van der Waals surface area contributed by atoms with Crippen molar-refractivity contribution in [3.63, 3.8) is 0 Å². The minimum Gasteiger partial charge on any atom is -0.489 e. The molecule has 0 radical (unpaired) electrons. The third-order valence-corrected chi connectivity index (χ3v) is 5.50. The SMILES string of the molecule is CCOC(=O)[C@H](C(C)=O)C(c1ccc(OCc2ccccc2)c(C)c1)[C@@H](C(C)=O)C(=O)OCC. The third kappa shape index (κ3) is 6.76. The quantitative estimate of drug-likeness (QED) is 0.340. The van der Waals surface area contributed by atoms with Gasteiger partial charge in [0.15, 0.2) is 0 Å². The maximum atomic E-state index is 12.8. The normalized spacial score (nSPS) is 12.5. The van der Waals surface area contributed by atoms with Crippen LogP contribution in [0.1, 0.15) is 50.3 Å². The molecule has 0 unspecified atom stereocenters. The van der Waals surface area contributed by atoms with E-state index in [-0.39, 0.29) is 13.2 Å². The Morgan fingerprint density at radius 3 is 1.76 bits per heavy atom. The van der Waals surface area contributed by atoms with Gasteiger partial charge in [-0.2, -0.15) is 0 Å².